The van der Waals surface area contributed by atoms with Crippen LogP contribution in [0.3, 0.4) is 0 Å². The summed E-state index contributed by atoms with van der Waals surface area (Å²) in [5.74, 6) is -0.863. The Balaban J connectivity index is 1.77. The number of benzene rings is 1. The van der Waals surface area contributed by atoms with Crippen molar-refractivity contribution in [2.24, 2.45) is 5.92 Å². The highest BCUT2D eigenvalue weighted by Crippen LogP contribution is 2.25. The SMILES string of the molecule is CC(C)C(NC(=O)Nc1ccc2oc(-c3ccncc3)nc2c1)C(=O)O. The van der Waals surface area contributed by atoms with Gasteiger partial charge in [-0.05, 0) is 36.2 Å². The Morgan fingerprint density at radius 2 is 1.88 bits per heavy atom. The summed E-state index contributed by atoms with van der Waals surface area (Å²) in [6, 6.07) is 7.03. The molecular formula is C18H18N4O4. The number of carboxylic acids is 1. The quantitative estimate of drug-likeness (QED) is 0.648. The zero-order valence-electron chi connectivity index (χ0n) is 14.3. The highest BCUT2D eigenvalue weighted by atomic mass is 16.4. The zero-order valence-corrected chi connectivity index (χ0v) is 14.3. The van der Waals surface area contributed by atoms with Gasteiger partial charge in [0.1, 0.15) is 11.6 Å². The standard InChI is InChI=1S/C18H18N4O4/c1-10(2)15(17(23)24)22-18(25)20-12-3-4-14-13(9-12)21-16(26-14)11-5-7-19-8-6-11/h3-10,15H,1-2H3,(H,23,24)(H2,20,22,25). The van der Waals surface area contributed by atoms with Crippen molar-refractivity contribution >= 4 is 28.8 Å². The molecule has 2 aromatic heterocycles. The maximum absolute atomic E-state index is 12.1. The number of nitrogens with one attached hydrogen (secondary N) is 2. The van der Waals surface area contributed by atoms with Gasteiger partial charge in [-0.15, -0.1) is 0 Å². The van der Waals surface area contributed by atoms with Gasteiger partial charge in [-0.1, -0.05) is 13.8 Å². The van der Waals surface area contributed by atoms with Gasteiger partial charge in [0, 0.05) is 23.6 Å². The molecule has 8 nitrogen and oxygen atoms in total. The first-order valence-corrected chi connectivity index (χ1v) is 8.05. The van der Waals surface area contributed by atoms with Gasteiger partial charge in [0.2, 0.25) is 5.89 Å². The van der Waals surface area contributed by atoms with E-state index in [0.29, 0.717) is 22.7 Å². The number of urea groups is 1. The fraction of sp³-hybridized carbons (Fsp3) is 0.222. The number of hydrogen-bond donors (Lipinski definition) is 3. The molecule has 0 saturated heterocycles. The van der Waals surface area contributed by atoms with Crippen molar-refractivity contribution in [1.82, 2.24) is 15.3 Å². The third kappa shape index (κ3) is 3.80. The second kappa shape index (κ2) is 7.22. The van der Waals surface area contributed by atoms with Crippen molar-refractivity contribution in [3.63, 3.8) is 0 Å². The van der Waals surface area contributed by atoms with E-state index in [1.54, 1.807) is 56.6 Å². The number of nitrogens with zero attached hydrogens (tertiary/aromatic N) is 2. The summed E-state index contributed by atoms with van der Waals surface area (Å²) in [5, 5.41) is 14.2. The summed E-state index contributed by atoms with van der Waals surface area (Å²) < 4.78 is 5.70. The molecular weight excluding hydrogens is 336 g/mol. The van der Waals surface area contributed by atoms with E-state index < -0.39 is 18.0 Å². The predicted octanol–water partition coefficient (Wildman–Crippen LogP) is 3.12. The molecule has 2 amide bonds. The summed E-state index contributed by atoms with van der Waals surface area (Å²) in [7, 11) is 0. The lowest BCUT2D eigenvalue weighted by Gasteiger charge is -2.18. The molecule has 2 heterocycles. The van der Waals surface area contributed by atoms with Crippen molar-refractivity contribution < 1.29 is 19.1 Å². The van der Waals surface area contributed by atoms with Crippen LogP contribution in [-0.4, -0.2) is 33.1 Å². The lowest BCUT2D eigenvalue weighted by molar-refractivity contribution is -0.140. The molecule has 1 atom stereocenters. The fourth-order valence-electron chi connectivity index (χ4n) is 2.45. The van der Waals surface area contributed by atoms with E-state index in [2.05, 4.69) is 20.6 Å². The van der Waals surface area contributed by atoms with E-state index in [-0.39, 0.29) is 5.92 Å². The zero-order chi connectivity index (χ0) is 18.7. The number of carbonyl (C=O) groups excluding carboxylic acids is 1. The molecule has 0 saturated carbocycles. The molecule has 1 aromatic carbocycles. The Bertz CT molecular complexity index is 937. The van der Waals surface area contributed by atoms with Crippen LogP contribution in [0.1, 0.15) is 13.8 Å². The number of aromatic nitrogens is 2. The maximum atomic E-state index is 12.1. The van der Waals surface area contributed by atoms with Crippen LogP contribution in [0.4, 0.5) is 10.5 Å². The van der Waals surface area contributed by atoms with Gasteiger partial charge in [0.25, 0.3) is 0 Å². The number of aliphatic carboxylic acids is 1. The molecule has 0 radical (unpaired) electrons. The first-order valence-electron chi connectivity index (χ1n) is 8.05. The van der Waals surface area contributed by atoms with Gasteiger partial charge in [-0.3, -0.25) is 4.98 Å². The minimum atomic E-state index is -1.08. The van der Waals surface area contributed by atoms with Gasteiger partial charge in [0.15, 0.2) is 5.58 Å². The number of anilines is 1. The number of rotatable bonds is 5. The highest BCUT2D eigenvalue weighted by Gasteiger charge is 2.23. The van der Waals surface area contributed by atoms with Crippen molar-refractivity contribution in [3.05, 3.63) is 42.7 Å². The van der Waals surface area contributed by atoms with Gasteiger partial charge in [-0.25, -0.2) is 14.6 Å². The molecule has 0 bridgehead atoms. The van der Waals surface area contributed by atoms with E-state index in [4.69, 9.17) is 9.52 Å². The number of carboxylic acid groups (broad SMARTS) is 1. The number of fused-ring (bicyclic) bond motifs is 1. The lowest BCUT2D eigenvalue weighted by atomic mass is 10.1. The van der Waals surface area contributed by atoms with E-state index in [1.807, 2.05) is 0 Å². The van der Waals surface area contributed by atoms with Crippen molar-refractivity contribution in [2.45, 2.75) is 19.9 Å². The van der Waals surface area contributed by atoms with Crippen LogP contribution >= 0.6 is 0 Å². The van der Waals surface area contributed by atoms with Crippen LogP contribution in [0.25, 0.3) is 22.6 Å². The van der Waals surface area contributed by atoms with Crippen molar-refractivity contribution in [3.8, 4) is 11.5 Å². The Hall–Kier alpha value is -3.42. The summed E-state index contributed by atoms with van der Waals surface area (Å²) in [6.07, 6.45) is 3.30. The summed E-state index contributed by atoms with van der Waals surface area (Å²) in [6.45, 7) is 3.45. The highest BCUT2D eigenvalue weighted by molar-refractivity contribution is 5.94. The molecule has 0 spiro atoms. The molecule has 1 unspecified atom stereocenters. The number of carbonyl (C=O) groups is 2. The van der Waals surface area contributed by atoms with Gasteiger partial charge >= 0.3 is 12.0 Å². The smallest absolute Gasteiger partial charge is 0.326 e. The van der Waals surface area contributed by atoms with E-state index in [0.717, 1.165) is 5.56 Å². The van der Waals surface area contributed by atoms with Crippen LogP contribution < -0.4 is 10.6 Å². The molecule has 8 heteroatoms. The minimum Gasteiger partial charge on any atom is -0.480 e. The monoisotopic (exact) mass is 354 g/mol. The Labute approximate surface area is 149 Å². The van der Waals surface area contributed by atoms with E-state index >= 15 is 0 Å². The van der Waals surface area contributed by atoms with Crippen LogP contribution in [-0.2, 0) is 4.79 Å². The second-order valence-corrected chi connectivity index (χ2v) is 6.10. The van der Waals surface area contributed by atoms with Gasteiger partial charge < -0.3 is 20.2 Å². The number of oxazole rings is 1. The van der Waals surface area contributed by atoms with Gasteiger partial charge in [0.05, 0.1) is 0 Å². The first-order chi connectivity index (χ1) is 12.4. The first kappa shape index (κ1) is 17.4. The average molecular weight is 354 g/mol. The maximum Gasteiger partial charge on any atom is 0.326 e. The molecule has 3 rings (SSSR count). The fourth-order valence-corrected chi connectivity index (χ4v) is 2.45. The second-order valence-electron chi connectivity index (χ2n) is 6.10. The normalized spacial score (nSPS) is 12.1. The molecule has 0 fully saturated rings. The minimum absolute atomic E-state index is 0.237. The van der Waals surface area contributed by atoms with Crippen molar-refractivity contribution in [2.75, 3.05) is 5.32 Å². The summed E-state index contributed by atoms with van der Waals surface area (Å²) in [4.78, 5) is 31.6. The Morgan fingerprint density at radius 1 is 1.15 bits per heavy atom. The average Bonchev–Trinajstić information content (AvgIpc) is 3.03. The largest absolute Gasteiger partial charge is 0.480 e. The predicted molar refractivity (Wildman–Crippen MR) is 95.7 cm³/mol. The van der Waals surface area contributed by atoms with Crippen molar-refractivity contribution in [1.29, 1.82) is 0 Å². The van der Waals surface area contributed by atoms with Crippen LogP contribution in [0.5, 0.6) is 0 Å². The van der Waals surface area contributed by atoms with E-state index in [9.17, 15) is 9.59 Å². The number of hydrogen-bond acceptors (Lipinski definition) is 5. The molecule has 0 aliphatic rings. The summed E-state index contributed by atoms with van der Waals surface area (Å²) >= 11 is 0. The molecule has 26 heavy (non-hydrogen) atoms. The Kier molecular flexibility index (Phi) is 4.83. The third-order valence-corrected chi connectivity index (χ3v) is 3.79. The molecule has 134 valence electrons. The van der Waals surface area contributed by atoms with E-state index in [1.165, 1.54) is 0 Å². The lowest BCUT2D eigenvalue weighted by Crippen LogP contribution is -2.46. The molecule has 3 N–H and O–H groups in total. The van der Waals surface area contributed by atoms with Crippen LogP contribution in [0, 0.1) is 5.92 Å². The third-order valence-electron chi connectivity index (χ3n) is 3.79. The number of amides is 2. The number of pyridine rings is 1. The van der Waals surface area contributed by atoms with Crippen LogP contribution in [0.2, 0.25) is 0 Å². The summed E-state index contributed by atoms with van der Waals surface area (Å²) in [5.41, 5.74) is 2.43. The molecule has 0 aliphatic heterocycles. The molecule has 3 aromatic rings. The Morgan fingerprint density at radius 3 is 2.54 bits per heavy atom. The van der Waals surface area contributed by atoms with Gasteiger partial charge in [-0.2, -0.15) is 0 Å². The molecule has 0 aliphatic carbocycles. The van der Waals surface area contributed by atoms with Crippen LogP contribution in [0.15, 0.2) is 47.1 Å². The topological polar surface area (TPSA) is 117 Å².